The Labute approximate surface area is 86.6 Å². The number of aliphatic hydroxyl groups excluding tert-OH is 2. The minimum absolute atomic E-state index is 0.0383. The van der Waals surface area contributed by atoms with Gasteiger partial charge in [0.2, 0.25) is 0 Å². The zero-order chi connectivity index (χ0) is 10.9. The van der Waals surface area contributed by atoms with Crippen LogP contribution in [-0.2, 0) is 0 Å². The standard InChI is InChI=1S/C12H22O2/c1-5-10-6-7(2)8(3)11(13)9(4)12(10)14/h6,8-14H,5H2,1-4H3/t8-,9-,10-,11-,12+/m1/s1. The van der Waals surface area contributed by atoms with Gasteiger partial charge in [-0.25, -0.2) is 0 Å². The van der Waals surface area contributed by atoms with Gasteiger partial charge < -0.3 is 10.2 Å². The van der Waals surface area contributed by atoms with E-state index in [2.05, 4.69) is 13.0 Å². The Morgan fingerprint density at radius 1 is 1.21 bits per heavy atom. The minimum atomic E-state index is -0.419. The third-order valence-electron chi connectivity index (χ3n) is 3.69. The van der Waals surface area contributed by atoms with Gasteiger partial charge in [0, 0.05) is 17.8 Å². The predicted octanol–water partition coefficient (Wildman–Crippen LogP) is 1.97. The van der Waals surface area contributed by atoms with Crippen LogP contribution < -0.4 is 0 Å². The van der Waals surface area contributed by atoms with Crippen LogP contribution in [0.5, 0.6) is 0 Å². The highest BCUT2D eigenvalue weighted by molar-refractivity contribution is 5.12. The van der Waals surface area contributed by atoms with Gasteiger partial charge in [0.1, 0.15) is 0 Å². The Morgan fingerprint density at radius 3 is 2.29 bits per heavy atom. The van der Waals surface area contributed by atoms with Gasteiger partial charge >= 0.3 is 0 Å². The molecule has 5 atom stereocenters. The molecule has 0 unspecified atom stereocenters. The van der Waals surface area contributed by atoms with Crippen LogP contribution in [0.4, 0.5) is 0 Å². The van der Waals surface area contributed by atoms with E-state index in [1.54, 1.807) is 0 Å². The van der Waals surface area contributed by atoms with Crippen molar-refractivity contribution in [2.24, 2.45) is 17.8 Å². The Hall–Kier alpha value is -0.340. The van der Waals surface area contributed by atoms with Gasteiger partial charge in [0.15, 0.2) is 0 Å². The average molecular weight is 198 g/mol. The molecule has 1 aliphatic carbocycles. The van der Waals surface area contributed by atoms with E-state index in [1.165, 1.54) is 5.57 Å². The molecule has 0 radical (unpaired) electrons. The molecule has 1 rings (SSSR count). The smallest absolute Gasteiger partial charge is 0.0653 e. The van der Waals surface area contributed by atoms with Crippen LogP contribution in [0.15, 0.2) is 11.6 Å². The highest BCUT2D eigenvalue weighted by Gasteiger charge is 2.34. The molecule has 2 heteroatoms. The van der Waals surface area contributed by atoms with Crippen molar-refractivity contribution in [1.29, 1.82) is 0 Å². The van der Waals surface area contributed by atoms with Gasteiger partial charge in [0.05, 0.1) is 12.2 Å². The molecular formula is C12H22O2. The SMILES string of the molecule is CC[C@@H]1C=C(C)[C@@H](C)[C@@H](O)[C@@H](C)[C@@H]1O. The lowest BCUT2D eigenvalue weighted by molar-refractivity contribution is -0.0103. The molecule has 0 heterocycles. The largest absolute Gasteiger partial charge is 0.392 e. The fraction of sp³-hybridized carbons (Fsp3) is 0.833. The van der Waals surface area contributed by atoms with E-state index in [0.717, 1.165) is 6.42 Å². The molecular weight excluding hydrogens is 176 g/mol. The van der Waals surface area contributed by atoms with Crippen molar-refractivity contribution in [2.75, 3.05) is 0 Å². The second-order valence-electron chi connectivity index (χ2n) is 4.61. The monoisotopic (exact) mass is 198 g/mol. The summed E-state index contributed by atoms with van der Waals surface area (Å²) in [6, 6.07) is 0. The van der Waals surface area contributed by atoms with E-state index < -0.39 is 12.2 Å². The Bertz CT molecular complexity index is 222. The highest BCUT2D eigenvalue weighted by atomic mass is 16.3. The lowest BCUT2D eigenvalue weighted by Gasteiger charge is -2.27. The number of hydrogen-bond acceptors (Lipinski definition) is 2. The van der Waals surface area contributed by atoms with E-state index in [4.69, 9.17) is 0 Å². The van der Waals surface area contributed by atoms with E-state index >= 15 is 0 Å². The third-order valence-corrected chi connectivity index (χ3v) is 3.69. The maximum absolute atomic E-state index is 10.0. The second-order valence-corrected chi connectivity index (χ2v) is 4.61. The van der Waals surface area contributed by atoms with Crippen LogP contribution in [0.25, 0.3) is 0 Å². The first-order chi connectivity index (χ1) is 6.49. The molecule has 0 saturated carbocycles. The van der Waals surface area contributed by atoms with Gasteiger partial charge in [-0.3, -0.25) is 0 Å². The fourth-order valence-electron chi connectivity index (χ4n) is 2.26. The van der Waals surface area contributed by atoms with Crippen LogP contribution in [0.1, 0.15) is 34.1 Å². The van der Waals surface area contributed by atoms with E-state index in [9.17, 15) is 10.2 Å². The van der Waals surface area contributed by atoms with Gasteiger partial charge in [0.25, 0.3) is 0 Å². The Kier molecular flexibility index (Phi) is 3.73. The molecule has 0 aromatic rings. The minimum Gasteiger partial charge on any atom is -0.392 e. The fourth-order valence-corrected chi connectivity index (χ4v) is 2.26. The molecule has 0 amide bonds. The number of aliphatic hydroxyl groups is 2. The first-order valence-electron chi connectivity index (χ1n) is 5.53. The molecule has 1 aliphatic rings. The summed E-state index contributed by atoms with van der Waals surface area (Å²) >= 11 is 0. The first-order valence-corrected chi connectivity index (χ1v) is 5.53. The summed E-state index contributed by atoms with van der Waals surface area (Å²) in [5, 5.41) is 20.0. The van der Waals surface area contributed by atoms with Gasteiger partial charge in [-0.1, -0.05) is 32.4 Å². The molecule has 2 N–H and O–H groups in total. The summed E-state index contributed by atoms with van der Waals surface area (Å²) in [4.78, 5) is 0. The topological polar surface area (TPSA) is 40.5 Å². The lowest BCUT2D eigenvalue weighted by Crippen LogP contribution is -2.35. The molecule has 0 aromatic carbocycles. The zero-order valence-electron chi connectivity index (χ0n) is 9.57. The number of hydrogen-bond donors (Lipinski definition) is 2. The van der Waals surface area contributed by atoms with Crippen LogP contribution in [-0.4, -0.2) is 22.4 Å². The normalized spacial score (nSPS) is 44.4. The molecule has 0 saturated heterocycles. The van der Waals surface area contributed by atoms with Crippen molar-refractivity contribution in [3.63, 3.8) is 0 Å². The molecule has 0 spiro atoms. The number of rotatable bonds is 1. The maximum atomic E-state index is 10.0. The average Bonchev–Trinajstić information content (AvgIpc) is 2.25. The van der Waals surface area contributed by atoms with Crippen LogP contribution >= 0.6 is 0 Å². The van der Waals surface area contributed by atoms with E-state index in [-0.39, 0.29) is 17.8 Å². The molecule has 0 fully saturated rings. The predicted molar refractivity (Wildman–Crippen MR) is 57.9 cm³/mol. The lowest BCUT2D eigenvalue weighted by atomic mass is 9.86. The van der Waals surface area contributed by atoms with Crippen molar-refractivity contribution in [3.05, 3.63) is 11.6 Å². The summed E-state index contributed by atoms with van der Waals surface area (Å²) in [5.41, 5.74) is 1.20. The summed E-state index contributed by atoms with van der Waals surface area (Å²) in [6.45, 7) is 8.08. The van der Waals surface area contributed by atoms with E-state index in [1.807, 2.05) is 20.8 Å². The van der Waals surface area contributed by atoms with Crippen molar-refractivity contribution < 1.29 is 10.2 Å². The van der Waals surface area contributed by atoms with Crippen molar-refractivity contribution in [3.8, 4) is 0 Å². The molecule has 14 heavy (non-hydrogen) atoms. The van der Waals surface area contributed by atoms with Gasteiger partial charge in [-0.05, 0) is 13.3 Å². The summed E-state index contributed by atoms with van der Waals surface area (Å²) in [5.74, 6) is 0.324. The van der Waals surface area contributed by atoms with E-state index in [0.29, 0.717) is 0 Å². The molecule has 0 aromatic heterocycles. The van der Waals surface area contributed by atoms with Gasteiger partial charge in [-0.2, -0.15) is 0 Å². The quantitative estimate of drug-likeness (QED) is 0.632. The molecule has 0 aliphatic heterocycles. The molecule has 0 bridgehead atoms. The third kappa shape index (κ3) is 2.01. The maximum Gasteiger partial charge on any atom is 0.0653 e. The first kappa shape index (κ1) is 11.7. The summed E-state index contributed by atoms with van der Waals surface area (Å²) in [6.07, 6.45) is 2.23. The summed E-state index contributed by atoms with van der Waals surface area (Å²) < 4.78 is 0. The zero-order valence-corrected chi connectivity index (χ0v) is 9.57. The van der Waals surface area contributed by atoms with Crippen molar-refractivity contribution in [1.82, 2.24) is 0 Å². The highest BCUT2D eigenvalue weighted by Crippen LogP contribution is 2.32. The Morgan fingerprint density at radius 2 is 1.79 bits per heavy atom. The van der Waals surface area contributed by atoms with Gasteiger partial charge in [-0.15, -0.1) is 0 Å². The summed E-state index contributed by atoms with van der Waals surface area (Å²) in [7, 11) is 0. The van der Waals surface area contributed by atoms with Crippen molar-refractivity contribution in [2.45, 2.75) is 46.3 Å². The molecule has 2 nitrogen and oxygen atoms in total. The second kappa shape index (κ2) is 4.45. The molecule has 82 valence electrons. The van der Waals surface area contributed by atoms with Crippen LogP contribution in [0, 0.1) is 17.8 Å². The van der Waals surface area contributed by atoms with Crippen LogP contribution in [0.2, 0.25) is 0 Å². The Balaban J connectivity index is 2.95. The van der Waals surface area contributed by atoms with Crippen molar-refractivity contribution >= 4 is 0 Å². The van der Waals surface area contributed by atoms with Crippen LogP contribution in [0.3, 0.4) is 0 Å².